The average Bonchev–Trinajstić information content (AvgIpc) is 3.80. The SMILES string of the molecule is CC(C)=NNc1ccc(C(=O)NCCCCCC(=O)CCCCCCC(=O)NCCCC[C@H](NC(=O)CCC(=O)NCCCCCC(=O)ON2C(=O)CCC2=O)C(=O)CCCCOCCOCCOCCCCC(=O)CCCN=[N+]=[N-])cn1. The van der Waals surface area contributed by atoms with Crippen LogP contribution in [0.3, 0.4) is 0 Å². The lowest BCUT2D eigenvalue weighted by Gasteiger charge is -2.18. The van der Waals surface area contributed by atoms with E-state index in [1.165, 1.54) is 6.20 Å². The number of nitrogens with one attached hydrogen (secondary N) is 5. The molecular formula is C58H93N11O14. The third-order valence-electron chi connectivity index (χ3n) is 13.0. The van der Waals surface area contributed by atoms with Crippen LogP contribution in [0.25, 0.3) is 10.4 Å². The summed E-state index contributed by atoms with van der Waals surface area (Å²) < 4.78 is 16.8. The van der Waals surface area contributed by atoms with E-state index in [9.17, 15) is 47.9 Å². The zero-order valence-electron chi connectivity index (χ0n) is 49.3. The van der Waals surface area contributed by atoms with Gasteiger partial charge in [-0.2, -0.15) is 5.10 Å². The lowest BCUT2D eigenvalue weighted by atomic mass is 10.0. The molecule has 1 fully saturated rings. The first kappa shape index (κ1) is 72.4. The number of pyridine rings is 1. The molecule has 83 heavy (non-hydrogen) atoms. The molecule has 5 N–H and O–H groups in total. The Morgan fingerprint density at radius 2 is 1.08 bits per heavy atom. The fourth-order valence-corrected chi connectivity index (χ4v) is 8.33. The Bertz CT molecular complexity index is 2190. The zero-order valence-corrected chi connectivity index (χ0v) is 49.3. The summed E-state index contributed by atoms with van der Waals surface area (Å²) in [5.74, 6) is -2.01. The largest absolute Gasteiger partial charge is 0.379 e. The number of hydrazone groups is 1. The van der Waals surface area contributed by atoms with Crippen molar-refractivity contribution in [2.24, 2.45) is 10.2 Å². The summed E-state index contributed by atoms with van der Waals surface area (Å²) in [5, 5.41) is 19.4. The molecule has 0 bridgehead atoms. The smallest absolute Gasteiger partial charge is 0.333 e. The van der Waals surface area contributed by atoms with E-state index in [-0.39, 0.29) is 73.6 Å². The number of carbonyl (C=O) groups excluding carboxylic acids is 10. The molecule has 2 rings (SSSR count). The highest BCUT2D eigenvalue weighted by atomic mass is 16.7. The Labute approximate surface area is 489 Å². The molecule has 6 amide bonds. The number of imide groups is 1. The molecule has 0 radical (unpaired) electrons. The molecule has 0 spiro atoms. The molecule has 0 aliphatic carbocycles. The number of azide groups is 1. The highest BCUT2D eigenvalue weighted by Crippen LogP contribution is 2.15. The minimum atomic E-state index is -0.761. The Morgan fingerprint density at radius 1 is 0.578 bits per heavy atom. The van der Waals surface area contributed by atoms with Gasteiger partial charge in [0.2, 0.25) is 17.7 Å². The van der Waals surface area contributed by atoms with Gasteiger partial charge in [0.05, 0.1) is 38.0 Å². The van der Waals surface area contributed by atoms with Crippen LogP contribution in [0.1, 0.15) is 210 Å². The molecule has 1 aliphatic heterocycles. The zero-order chi connectivity index (χ0) is 60.6. The van der Waals surface area contributed by atoms with Gasteiger partial charge in [0.25, 0.3) is 17.7 Å². The number of amides is 6. The van der Waals surface area contributed by atoms with Crippen molar-refractivity contribution in [3.05, 3.63) is 34.3 Å². The number of hydrogen-bond acceptors (Lipinski definition) is 18. The van der Waals surface area contributed by atoms with Crippen LogP contribution in [0, 0.1) is 0 Å². The Hall–Kier alpha value is -6.69. The number of ether oxygens (including phenoxy) is 3. The van der Waals surface area contributed by atoms with Crippen molar-refractivity contribution in [2.75, 3.05) is 71.2 Å². The monoisotopic (exact) mass is 1170 g/mol. The first-order valence-corrected chi connectivity index (χ1v) is 29.9. The summed E-state index contributed by atoms with van der Waals surface area (Å²) in [6.45, 7) is 7.86. The molecule has 464 valence electrons. The van der Waals surface area contributed by atoms with E-state index in [2.05, 4.69) is 46.8 Å². The van der Waals surface area contributed by atoms with Crippen molar-refractivity contribution < 1.29 is 67.0 Å². The summed E-state index contributed by atoms with van der Waals surface area (Å²) in [6, 6.07) is 2.62. The number of rotatable bonds is 53. The van der Waals surface area contributed by atoms with Gasteiger partial charge in [-0.1, -0.05) is 30.8 Å². The molecule has 1 atom stereocenters. The lowest BCUT2D eigenvalue weighted by Crippen LogP contribution is -2.41. The Morgan fingerprint density at radius 3 is 1.67 bits per heavy atom. The Kier molecular flexibility index (Phi) is 41.7. The summed E-state index contributed by atoms with van der Waals surface area (Å²) >= 11 is 0. The number of ketones is 3. The number of nitrogens with zero attached hydrogens (tertiary/aromatic N) is 6. The van der Waals surface area contributed by atoms with Gasteiger partial charge >= 0.3 is 5.97 Å². The van der Waals surface area contributed by atoms with Gasteiger partial charge in [0.15, 0.2) is 5.78 Å². The first-order valence-electron chi connectivity index (χ1n) is 29.9. The van der Waals surface area contributed by atoms with E-state index >= 15 is 0 Å². The highest BCUT2D eigenvalue weighted by Gasteiger charge is 2.32. The number of anilines is 1. The predicted octanol–water partition coefficient (Wildman–Crippen LogP) is 7.54. The van der Waals surface area contributed by atoms with Crippen LogP contribution in [-0.4, -0.2) is 146 Å². The maximum absolute atomic E-state index is 13.4. The van der Waals surface area contributed by atoms with Crippen molar-refractivity contribution >= 4 is 70.3 Å². The van der Waals surface area contributed by atoms with Crippen LogP contribution in [0.4, 0.5) is 5.82 Å². The van der Waals surface area contributed by atoms with Crippen LogP contribution in [0.5, 0.6) is 0 Å². The number of aromatic nitrogens is 1. The van der Waals surface area contributed by atoms with Gasteiger partial charge < -0.3 is 40.3 Å². The molecule has 25 nitrogen and oxygen atoms in total. The standard InChI is InChI=1S/C58H93N11O14/c1-45(2)66-67-51-29-28-46(44-63-51)58(79)62-36-15-5-8-21-47(70)20-7-3-4-9-26-52(73)60-35-16-11-24-49(65-54(75)31-30-53(74)61-34-14-6-10-27-57(78)83-69-55(76)32-33-56(69)77)50(72)25-13-18-39-81-41-43-82-42-40-80-38-17-12-22-48(71)23-19-37-64-68-59/h28-29,44,49H,3-27,30-43H2,1-2H3,(H,60,73)(H,61,74)(H,62,79)(H,63,67)(H,65,75)/t49-/m0/s1. The van der Waals surface area contributed by atoms with Crippen molar-refractivity contribution in [3.63, 3.8) is 0 Å². The number of unbranched alkanes of at least 4 members (excludes halogenated alkanes) is 10. The predicted molar refractivity (Wildman–Crippen MR) is 310 cm³/mol. The molecule has 1 aliphatic rings. The third-order valence-corrected chi connectivity index (χ3v) is 13.0. The molecular weight excluding hydrogens is 1070 g/mol. The normalized spacial score (nSPS) is 12.2. The molecule has 25 heteroatoms. The van der Waals surface area contributed by atoms with Crippen LogP contribution >= 0.6 is 0 Å². The first-order chi connectivity index (χ1) is 40.2. The van der Waals surface area contributed by atoms with Gasteiger partial charge in [-0.15, -0.1) is 5.06 Å². The Balaban J connectivity index is 1.61. The number of Topliss-reactive ketones (excluding diaryl/α,β-unsaturated/α-hetero) is 3. The number of hydroxylamine groups is 2. The van der Waals surface area contributed by atoms with Gasteiger partial charge in [0, 0.05) is 127 Å². The summed E-state index contributed by atoms with van der Waals surface area (Å²) in [7, 11) is 0. The average molecular weight is 1170 g/mol. The van der Waals surface area contributed by atoms with E-state index in [1.54, 1.807) is 12.1 Å². The minimum absolute atomic E-state index is 0.00848. The van der Waals surface area contributed by atoms with Gasteiger partial charge in [-0.3, -0.25) is 48.6 Å². The molecule has 1 aromatic rings. The minimum Gasteiger partial charge on any atom is -0.379 e. The topological polar surface area (TPSA) is 345 Å². The molecule has 0 aromatic carbocycles. The van der Waals surface area contributed by atoms with E-state index < -0.39 is 29.7 Å². The summed E-state index contributed by atoms with van der Waals surface area (Å²) in [5.41, 5.74) is 12.4. The van der Waals surface area contributed by atoms with Crippen molar-refractivity contribution in [3.8, 4) is 0 Å². The van der Waals surface area contributed by atoms with Crippen molar-refractivity contribution in [2.45, 2.75) is 206 Å². The second kappa shape index (κ2) is 47.8. The summed E-state index contributed by atoms with van der Waals surface area (Å²) in [6.07, 6.45) is 15.7. The molecule has 0 saturated carbocycles. The van der Waals surface area contributed by atoms with Gasteiger partial charge in [-0.25, -0.2) is 9.78 Å². The molecule has 0 unspecified atom stereocenters. The molecule has 1 aromatic heterocycles. The van der Waals surface area contributed by atoms with Crippen LogP contribution in [0.15, 0.2) is 28.5 Å². The van der Waals surface area contributed by atoms with E-state index in [4.69, 9.17) is 24.6 Å². The molecule has 2 heterocycles. The highest BCUT2D eigenvalue weighted by molar-refractivity contribution is 6.01. The maximum atomic E-state index is 13.4. The fraction of sp³-hybridized carbons (Fsp3) is 0.724. The molecule has 1 saturated heterocycles. The number of hydrogen-bond donors (Lipinski definition) is 5. The lowest BCUT2D eigenvalue weighted by molar-refractivity contribution is -0.197. The second-order valence-corrected chi connectivity index (χ2v) is 20.6. The van der Waals surface area contributed by atoms with Crippen molar-refractivity contribution in [1.82, 2.24) is 31.3 Å². The fourth-order valence-electron chi connectivity index (χ4n) is 8.33. The van der Waals surface area contributed by atoms with Gasteiger partial charge in [-0.05, 0) is 121 Å². The van der Waals surface area contributed by atoms with Crippen molar-refractivity contribution in [1.29, 1.82) is 0 Å². The van der Waals surface area contributed by atoms with Crippen LogP contribution in [-0.2, 0) is 62.2 Å². The third kappa shape index (κ3) is 39.4. The van der Waals surface area contributed by atoms with Gasteiger partial charge in [0.1, 0.15) is 17.4 Å². The van der Waals surface area contributed by atoms with E-state index in [0.717, 1.165) is 57.1 Å². The maximum Gasteiger partial charge on any atom is 0.333 e. The summed E-state index contributed by atoms with van der Waals surface area (Å²) in [4.78, 5) is 135. The van der Waals surface area contributed by atoms with Crippen LogP contribution in [0.2, 0.25) is 0 Å². The van der Waals surface area contributed by atoms with E-state index in [0.29, 0.717) is 179 Å². The quantitative estimate of drug-likeness (QED) is 0.00799. The number of carbonyl (C=O) groups is 10. The van der Waals surface area contributed by atoms with E-state index in [1.807, 2.05) is 13.8 Å². The van der Waals surface area contributed by atoms with Crippen LogP contribution < -0.4 is 26.7 Å². The second-order valence-electron chi connectivity index (χ2n) is 20.6.